The van der Waals surface area contributed by atoms with Crippen molar-refractivity contribution < 1.29 is 4.42 Å². The standard InChI is InChI=1S/C12H22N2O/c1-5-10(4)12-11(14-8-15-12)7-13-6-9(2)3/h8-10,13H,5-7H2,1-4H3. The minimum atomic E-state index is 0.461. The smallest absolute Gasteiger partial charge is 0.181 e. The van der Waals surface area contributed by atoms with Crippen LogP contribution < -0.4 is 5.32 Å². The maximum atomic E-state index is 5.42. The molecule has 0 saturated heterocycles. The minimum absolute atomic E-state index is 0.461. The summed E-state index contributed by atoms with van der Waals surface area (Å²) in [6.07, 6.45) is 2.64. The first-order chi connectivity index (χ1) is 7.15. The van der Waals surface area contributed by atoms with Crippen LogP contribution in [-0.2, 0) is 6.54 Å². The molecule has 1 atom stereocenters. The van der Waals surface area contributed by atoms with E-state index in [9.17, 15) is 0 Å². The first-order valence-electron chi connectivity index (χ1n) is 5.78. The number of hydrogen-bond donors (Lipinski definition) is 1. The Bertz CT molecular complexity index is 281. The normalized spacial score (nSPS) is 13.4. The van der Waals surface area contributed by atoms with Gasteiger partial charge in [-0.25, -0.2) is 4.98 Å². The molecule has 0 radical (unpaired) electrons. The summed E-state index contributed by atoms with van der Waals surface area (Å²) < 4.78 is 5.42. The van der Waals surface area contributed by atoms with Crippen LogP contribution in [0.25, 0.3) is 0 Å². The maximum Gasteiger partial charge on any atom is 0.181 e. The molecule has 0 spiro atoms. The van der Waals surface area contributed by atoms with Crippen molar-refractivity contribution in [3.05, 3.63) is 17.8 Å². The average Bonchev–Trinajstić information content (AvgIpc) is 2.64. The summed E-state index contributed by atoms with van der Waals surface area (Å²) in [4.78, 5) is 4.25. The molecule has 0 aromatic carbocycles. The van der Waals surface area contributed by atoms with Gasteiger partial charge in [-0.3, -0.25) is 0 Å². The van der Waals surface area contributed by atoms with Gasteiger partial charge in [-0.15, -0.1) is 0 Å². The molecule has 1 heterocycles. The molecular weight excluding hydrogens is 188 g/mol. The molecule has 3 heteroatoms. The average molecular weight is 210 g/mol. The highest BCUT2D eigenvalue weighted by Crippen LogP contribution is 2.21. The monoisotopic (exact) mass is 210 g/mol. The Balaban J connectivity index is 2.50. The van der Waals surface area contributed by atoms with E-state index < -0.39 is 0 Å². The number of rotatable bonds is 6. The quantitative estimate of drug-likeness (QED) is 0.784. The van der Waals surface area contributed by atoms with E-state index in [4.69, 9.17) is 4.42 Å². The molecule has 0 aliphatic heterocycles. The van der Waals surface area contributed by atoms with Crippen LogP contribution in [0.5, 0.6) is 0 Å². The predicted octanol–water partition coefficient (Wildman–Crippen LogP) is 2.93. The van der Waals surface area contributed by atoms with Crippen LogP contribution in [-0.4, -0.2) is 11.5 Å². The van der Waals surface area contributed by atoms with E-state index in [1.807, 2.05) is 0 Å². The highest BCUT2D eigenvalue weighted by Gasteiger charge is 2.13. The van der Waals surface area contributed by atoms with Crippen LogP contribution in [0, 0.1) is 5.92 Å². The lowest BCUT2D eigenvalue weighted by atomic mass is 10.0. The fourth-order valence-electron chi connectivity index (χ4n) is 1.48. The number of oxazole rings is 1. The molecule has 0 amide bonds. The number of aromatic nitrogens is 1. The highest BCUT2D eigenvalue weighted by atomic mass is 16.3. The summed E-state index contributed by atoms with van der Waals surface area (Å²) in [5.74, 6) is 2.17. The lowest BCUT2D eigenvalue weighted by Gasteiger charge is -2.09. The van der Waals surface area contributed by atoms with Gasteiger partial charge in [0, 0.05) is 12.5 Å². The lowest BCUT2D eigenvalue weighted by molar-refractivity contribution is 0.457. The van der Waals surface area contributed by atoms with E-state index in [1.54, 1.807) is 6.39 Å². The Kier molecular flexibility index (Phi) is 4.82. The van der Waals surface area contributed by atoms with Gasteiger partial charge in [0.1, 0.15) is 5.76 Å². The number of nitrogens with zero attached hydrogens (tertiary/aromatic N) is 1. The number of hydrogen-bond acceptors (Lipinski definition) is 3. The molecule has 86 valence electrons. The van der Waals surface area contributed by atoms with E-state index in [1.165, 1.54) is 0 Å². The van der Waals surface area contributed by atoms with Gasteiger partial charge in [0.25, 0.3) is 0 Å². The van der Waals surface area contributed by atoms with Crippen LogP contribution in [0.2, 0.25) is 0 Å². The second-order valence-corrected chi connectivity index (χ2v) is 4.50. The van der Waals surface area contributed by atoms with Crippen LogP contribution in [0.4, 0.5) is 0 Å². The predicted molar refractivity (Wildman–Crippen MR) is 61.8 cm³/mol. The highest BCUT2D eigenvalue weighted by molar-refractivity contribution is 5.11. The third-order valence-corrected chi connectivity index (χ3v) is 2.58. The van der Waals surface area contributed by atoms with Crippen LogP contribution in [0.15, 0.2) is 10.8 Å². The second kappa shape index (κ2) is 5.91. The number of nitrogens with one attached hydrogen (secondary N) is 1. The zero-order valence-corrected chi connectivity index (χ0v) is 10.2. The molecule has 0 saturated carbocycles. The Labute approximate surface area is 92.3 Å². The van der Waals surface area contributed by atoms with Gasteiger partial charge < -0.3 is 9.73 Å². The van der Waals surface area contributed by atoms with Crippen LogP contribution >= 0.6 is 0 Å². The van der Waals surface area contributed by atoms with Gasteiger partial charge in [0.2, 0.25) is 0 Å². The fourth-order valence-corrected chi connectivity index (χ4v) is 1.48. The van der Waals surface area contributed by atoms with Gasteiger partial charge in [-0.2, -0.15) is 0 Å². The summed E-state index contributed by atoms with van der Waals surface area (Å²) in [5, 5.41) is 3.38. The second-order valence-electron chi connectivity index (χ2n) is 4.50. The first kappa shape index (κ1) is 12.2. The summed E-state index contributed by atoms with van der Waals surface area (Å²) in [5.41, 5.74) is 1.06. The van der Waals surface area contributed by atoms with Gasteiger partial charge in [0.05, 0.1) is 5.69 Å². The summed E-state index contributed by atoms with van der Waals surface area (Å²) >= 11 is 0. The van der Waals surface area contributed by atoms with Crippen molar-refractivity contribution in [2.24, 2.45) is 5.92 Å². The molecule has 1 rings (SSSR count). The van der Waals surface area contributed by atoms with Crippen molar-refractivity contribution in [3.63, 3.8) is 0 Å². The Morgan fingerprint density at radius 3 is 2.73 bits per heavy atom. The third-order valence-electron chi connectivity index (χ3n) is 2.58. The largest absolute Gasteiger partial charge is 0.448 e. The van der Waals surface area contributed by atoms with E-state index in [0.717, 1.165) is 31.0 Å². The van der Waals surface area contributed by atoms with Gasteiger partial charge in [-0.05, 0) is 18.9 Å². The van der Waals surface area contributed by atoms with E-state index in [2.05, 4.69) is 38.0 Å². The first-order valence-corrected chi connectivity index (χ1v) is 5.78. The van der Waals surface area contributed by atoms with Crippen molar-refractivity contribution in [1.29, 1.82) is 0 Å². The Hall–Kier alpha value is -0.830. The summed E-state index contributed by atoms with van der Waals surface area (Å²) in [6.45, 7) is 10.6. The lowest BCUT2D eigenvalue weighted by Crippen LogP contribution is -2.20. The molecule has 15 heavy (non-hydrogen) atoms. The maximum absolute atomic E-state index is 5.42. The zero-order chi connectivity index (χ0) is 11.3. The molecule has 1 aromatic heterocycles. The minimum Gasteiger partial charge on any atom is -0.448 e. The zero-order valence-electron chi connectivity index (χ0n) is 10.2. The van der Waals surface area contributed by atoms with E-state index >= 15 is 0 Å². The Morgan fingerprint density at radius 1 is 1.40 bits per heavy atom. The summed E-state index contributed by atoms with van der Waals surface area (Å²) in [7, 11) is 0. The Morgan fingerprint density at radius 2 is 2.13 bits per heavy atom. The van der Waals surface area contributed by atoms with Crippen molar-refractivity contribution in [3.8, 4) is 0 Å². The van der Waals surface area contributed by atoms with Crippen molar-refractivity contribution in [2.75, 3.05) is 6.54 Å². The topological polar surface area (TPSA) is 38.1 Å². The van der Waals surface area contributed by atoms with Gasteiger partial charge >= 0.3 is 0 Å². The molecule has 0 aliphatic rings. The van der Waals surface area contributed by atoms with Gasteiger partial charge in [0.15, 0.2) is 6.39 Å². The fraction of sp³-hybridized carbons (Fsp3) is 0.750. The molecule has 1 aromatic rings. The third kappa shape index (κ3) is 3.67. The van der Waals surface area contributed by atoms with Crippen LogP contribution in [0.3, 0.4) is 0 Å². The molecule has 0 aliphatic carbocycles. The molecular formula is C12H22N2O. The van der Waals surface area contributed by atoms with E-state index in [-0.39, 0.29) is 0 Å². The summed E-state index contributed by atoms with van der Waals surface area (Å²) in [6, 6.07) is 0. The molecule has 3 nitrogen and oxygen atoms in total. The van der Waals surface area contributed by atoms with Crippen LogP contribution in [0.1, 0.15) is 51.5 Å². The molecule has 1 N–H and O–H groups in total. The molecule has 1 unspecified atom stereocenters. The van der Waals surface area contributed by atoms with Crippen molar-refractivity contribution in [2.45, 2.75) is 46.6 Å². The van der Waals surface area contributed by atoms with Gasteiger partial charge in [-0.1, -0.05) is 27.7 Å². The molecule has 0 bridgehead atoms. The van der Waals surface area contributed by atoms with Crippen molar-refractivity contribution >= 4 is 0 Å². The van der Waals surface area contributed by atoms with Crippen molar-refractivity contribution in [1.82, 2.24) is 10.3 Å². The SMILES string of the molecule is CCC(C)c1ocnc1CNCC(C)C. The molecule has 0 fully saturated rings. The van der Waals surface area contributed by atoms with E-state index in [0.29, 0.717) is 11.8 Å².